The van der Waals surface area contributed by atoms with Crippen LogP contribution in [0.4, 0.5) is 5.88 Å². The van der Waals surface area contributed by atoms with Gasteiger partial charge in [0.1, 0.15) is 10.7 Å². The molecule has 1 aromatic carbocycles. The van der Waals surface area contributed by atoms with Gasteiger partial charge in [0, 0.05) is 11.6 Å². The number of hydrogen-bond acceptors (Lipinski definition) is 9. The molecular weight excluding hydrogens is 360 g/mol. The quantitative estimate of drug-likeness (QED) is 0.327. The number of hydrogen-bond donors (Lipinski definition) is 0. The average Bonchev–Trinajstić information content (AvgIpc) is 3.28. The van der Waals surface area contributed by atoms with E-state index in [1.54, 1.807) is 12.1 Å². The summed E-state index contributed by atoms with van der Waals surface area (Å²) in [4.78, 5) is 26.2. The first-order valence-corrected chi connectivity index (χ1v) is 7.54. The minimum atomic E-state index is -0.724. The molecule has 0 saturated heterocycles. The molecule has 10 nitrogen and oxygen atoms in total. The highest BCUT2D eigenvalue weighted by Gasteiger charge is 2.27. The van der Waals surface area contributed by atoms with Crippen LogP contribution in [0.25, 0.3) is 6.08 Å². The van der Waals surface area contributed by atoms with Crippen LogP contribution in [-0.2, 0) is 9.53 Å². The molecule has 2 aromatic rings. The number of benzene rings is 1. The number of esters is 1. The molecule has 0 aliphatic carbocycles. The molecule has 0 saturated carbocycles. The number of ether oxygens (including phenoxy) is 4. The van der Waals surface area contributed by atoms with Gasteiger partial charge >= 0.3 is 11.9 Å². The van der Waals surface area contributed by atoms with Crippen molar-refractivity contribution >= 4 is 23.8 Å². The molecule has 140 valence electrons. The third-order valence-corrected chi connectivity index (χ3v) is 3.60. The molecule has 0 radical (unpaired) electrons. The molecule has 10 heteroatoms. The monoisotopic (exact) mass is 374 g/mol. The van der Waals surface area contributed by atoms with Crippen LogP contribution in [0.5, 0.6) is 17.2 Å². The third kappa shape index (κ3) is 3.45. The van der Waals surface area contributed by atoms with E-state index in [-0.39, 0.29) is 17.4 Å². The summed E-state index contributed by atoms with van der Waals surface area (Å²) in [5.74, 6) is 0.0664. The molecular formula is C17H14N2O8. The fourth-order valence-corrected chi connectivity index (χ4v) is 2.39. The number of nitro groups is 1. The van der Waals surface area contributed by atoms with E-state index < -0.39 is 16.8 Å². The Labute approximate surface area is 152 Å². The molecule has 3 rings (SSSR count). The number of rotatable bonds is 6. The van der Waals surface area contributed by atoms with Crippen molar-refractivity contribution in [1.82, 2.24) is 0 Å². The highest BCUT2D eigenvalue weighted by Crippen LogP contribution is 2.39. The number of aliphatic imine (C=N–C) groups is 1. The molecule has 27 heavy (non-hydrogen) atoms. The van der Waals surface area contributed by atoms with Crippen molar-refractivity contribution in [3.63, 3.8) is 0 Å². The van der Waals surface area contributed by atoms with Crippen molar-refractivity contribution in [3.05, 3.63) is 51.4 Å². The van der Waals surface area contributed by atoms with Gasteiger partial charge < -0.3 is 23.4 Å². The maximum atomic E-state index is 12.1. The van der Waals surface area contributed by atoms with Crippen molar-refractivity contribution in [1.29, 1.82) is 0 Å². The maximum absolute atomic E-state index is 12.1. The first-order chi connectivity index (χ1) is 13.0. The van der Waals surface area contributed by atoms with Crippen LogP contribution in [0.1, 0.15) is 11.3 Å². The normalized spacial score (nSPS) is 14.7. The molecule has 2 heterocycles. The van der Waals surface area contributed by atoms with Crippen LogP contribution in [0, 0.1) is 10.1 Å². The summed E-state index contributed by atoms with van der Waals surface area (Å²) in [5.41, 5.74) is 0.356. The zero-order valence-electron chi connectivity index (χ0n) is 14.5. The predicted octanol–water partition coefficient (Wildman–Crippen LogP) is 2.56. The summed E-state index contributed by atoms with van der Waals surface area (Å²) < 4.78 is 25.9. The zero-order chi connectivity index (χ0) is 19.6. The summed E-state index contributed by atoms with van der Waals surface area (Å²) in [6.07, 6.45) is 1.25. The number of furan rings is 1. The van der Waals surface area contributed by atoms with Gasteiger partial charge in [0.15, 0.2) is 17.2 Å². The molecule has 0 N–H and O–H groups in total. The van der Waals surface area contributed by atoms with Gasteiger partial charge in [-0.15, -0.1) is 0 Å². The van der Waals surface area contributed by atoms with E-state index in [9.17, 15) is 14.9 Å². The Kier molecular flexibility index (Phi) is 4.79. The van der Waals surface area contributed by atoms with E-state index in [4.69, 9.17) is 23.4 Å². The van der Waals surface area contributed by atoms with Crippen LogP contribution >= 0.6 is 0 Å². The lowest BCUT2D eigenvalue weighted by Crippen LogP contribution is -2.06. The first kappa shape index (κ1) is 18.0. The highest BCUT2D eigenvalue weighted by atomic mass is 16.6. The van der Waals surface area contributed by atoms with Crippen LogP contribution in [-0.4, -0.2) is 38.1 Å². The van der Waals surface area contributed by atoms with Crippen LogP contribution < -0.4 is 14.2 Å². The molecule has 0 atom stereocenters. The molecule has 0 amide bonds. The van der Waals surface area contributed by atoms with Gasteiger partial charge in [-0.1, -0.05) is 0 Å². The van der Waals surface area contributed by atoms with Crippen molar-refractivity contribution in [2.24, 2.45) is 4.99 Å². The van der Waals surface area contributed by atoms with Gasteiger partial charge in [-0.2, -0.15) is 0 Å². The van der Waals surface area contributed by atoms with E-state index in [1.165, 1.54) is 39.5 Å². The summed E-state index contributed by atoms with van der Waals surface area (Å²) in [6, 6.07) is 5.68. The standard InChI is InChI=1S/C17H14N2O8/c1-23-12-6-9(7-13(24-2)15(12)25-3)16-18-11(17(20)27-16)8-10-4-5-14(26-10)19(21)22/h4-8H,1-3H3/b11-8-. The third-order valence-electron chi connectivity index (χ3n) is 3.60. The molecule has 0 fully saturated rings. The Morgan fingerprint density at radius 1 is 1.11 bits per heavy atom. The van der Waals surface area contributed by atoms with Crippen LogP contribution in [0.2, 0.25) is 0 Å². The molecule has 1 aliphatic heterocycles. The minimum Gasteiger partial charge on any atom is -0.493 e. The lowest BCUT2D eigenvalue weighted by molar-refractivity contribution is -0.402. The van der Waals surface area contributed by atoms with E-state index >= 15 is 0 Å². The summed E-state index contributed by atoms with van der Waals surface area (Å²) in [7, 11) is 4.38. The highest BCUT2D eigenvalue weighted by molar-refractivity contribution is 6.13. The summed E-state index contributed by atoms with van der Waals surface area (Å²) in [5, 5.41) is 10.7. The first-order valence-electron chi connectivity index (χ1n) is 7.54. The number of nitrogens with zero attached hydrogens (tertiary/aromatic N) is 2. The molecule has 1 aromatic heterocycles. The Hall–Kier alpha value is -3.82. The maximum Gasteiger partial charge on any atom is 0.433 e. The SMILES string of the molecule is COc1cc(C2=N/C(=C\c3ccc([N+](=O)[O-])o3)C(=O)O2)cc(OC)c1OC. The van der Waals surface area contributed by atoms with Gasteiger partial charge in [-0.05, 0) is 18.2 Å². The number of cyclic esters (lactones) is 1. The van der Waals surface area contributed by atoms with E-state index in [0.717, 1.165) is 0 Å². The zero-order valence-corrected chi connectivity index (χ0v) is 14.5. The molecule has 0 unspecified atom stereocenters. The lowest BCUT2D eigenvalue weighted by Gasteiger charge is -2.13. The van der Waals surface area contributed by atoms with E-state index in [0.29, 0.717) is 22.8 Å². The molecule has 0 spiro atoms. The Morgan fingerprint density at radius 2 is 1.78 bits per heavy atom. The summed E-state index contributed by atoms with van der Waals surface area (Å²) in [6.45, 7) is 0. The average molecular weight is 374 g/mol. The van der Waals surface area contributed by atoms with Gasteiger partial charge in [-0.3, -0.25) is 10.1 Å². The van der Waals surface area contributed by atoms with Crippen molar-refractivity contribution < 1.29 is 33.1 Å². The van der Waals surface area contributed by atoms with Gasteiger partial charge in [0.25, 0.3) is 0 Å². The smallest absolute Gasteiger partial charge is 0.433 e. The predicted molar refractivity (Wildman–Crippen MR) is 92.1 cm³/mol. The van der Waals surface area contributed by atoms with Gasteiger partial charge in [0.05, 0.1) is 27.4 Å². The van der Waals surface area contributed by atoms with E-state index in [1.807, 2.05) is 0 Å². The van der Waals surface area contributed by atoms with Crippen LogP contribution in [0.15, 0.2) is 39.4 Å². The topological polar surface area (TPSA) is 123 Å². The number of methoxy groups -OCH3 is 3. The van der Waals surface area contributed by atoms with Gasteiger partial charge in [-0.25, -0.2) is 9.79 Å². The second-order valence-corrected chi connectivity index (χ2v) is 5.18. The largest absolute Gasteiger partial charge is 0.493 e. The summed E-state index contributed by atoms with van der Waals surface area (Å²) >= 11 is 0. The Balaban J connectivity index is 1.98. The molecule has 0 bridgehead atoms. The number of carbonyl (C=O) groups is 1. The minimum absolute atomic E-state index is 0.0200. The van der Waals surface area contributed by atoms with E-state index in [2.05, 4.69) is 4.99 Å². The second kappa shape index (κ2) is 7.20. The number of carbonyl (C=O) groups excluding carboxylic acids is 1. The van der Waals surface area contributed by atoms with Gasteiger partial charge in [0.2, 0.25) is 11.6 Å². The Bertz CT molecular complexity index is 948. The molecule has 1 aliphatic rings. The van der Waals surface area contributed by atoms with Crippen LogP contribution in [0.3, 0.4) is 0 Å². The van der Waals surface area contributed by atoms with Crippen molar-refractivity contribution in [2.75, 3.05) is 21.3 Å². The fourth-order valence-electron chi connectivity index (χ4n) is 2.39. The van der Waals surface area contributed by atoms with Crippen molar-refractivity contribution in [3.8, 4) is 17.2 Å². The Morgan fingerprint density at radius 3 is 2.30 bits per heavy atom. The lowest BCUT2D eigenvalue weighted by atomic mass is 10.2. The second-order valence-electron chi connectivity index (χ2n) is 5.18. The fraction of sp³-hybridized carbons (Fsp3) is 0.176. The van der Waals surface area contributed by atoms with Crippen molar-refractivity contribution in [2.45, 2.75) is 0 Å².